The third-order valence-electron chi connectivity index (χ3n) is 6.49. The summed E-state index contributed by atoms with van der Waals surface area (Å²) in [6.45, 7) is 5.15. The van der Waals surface area contributed by atoms with E-state index in [-0.39, 0.29) is 17.9 Å². The molecule has 0 bridgehead atoms. The highest BCUT2D eigenvalue weighted by Crippen LogP contribution is 2.30. The van der Waals surface area contributed by atoms with Crippen molar-refractivity contribution in [2.45, 2.75) is 26.3 Å². The van der Waals surface area contributed by atoms with Crippen LogP contribution in [0.4, 0.5) is 0 Å². The van der Waals surface area contributed by atoms with Gasteiger partial charge in [0.15, 0.2) is 0 Å². The molecule has 4 aromatic rings. The number of nitrogens with zero attached hydrogens (tertiary/aromatic N) is 1. The number of aryl methyl sites for hydroxylation is 2. The van der Waals surface area contributed by atoms with Crippen LogP contribution >= 0.6 is 0 Å². The molecule has 5 nitrogen and oxygen atoms in total. The normalized spacial score (nSPS) is 15.3. The van der Waals surface area contributed by atoms with E-state index >= 15 is 0 Å². The number of fused-ring (bicyclic) bond motifs is 1. The summed E-state index contributed by atoms with van der Waals surface area (Å²) in [6, 6.07) is 21.4. The number of benzene rings is 3. The lowest BCUT2D eigenvalue weighted by molar-refractivity contribution is 0.0456. The van der Waals surface area contributed by atoms with E-state index in [0.29, 0.717) is 24.2 Å². The lowest BCUT2D eigenvalue weighted by atomic mass is 9.92. The molecule has 5 rings (SSSR count). The predicted molar refractivity (Wildman–Crippen MR) is 129 cm³/mol. The Bertz CT molecular complexity index is 1340. The fourth-order valence-corrected chi connectivity index (χ4v) is 4.49. The Kier molecular flexibility index (Phi) is 5.47. The van der Waals surface area contributed by atoms with Crippen molar-refractivity contribution in [1.82, 2.24) is 10.2 Å². The maximum absolute atomic E-state index is 13.6. The minimum absolute atomic E-state index is 0.0181. The van der Waals surface area contributed by atoms with Crippen LogP contribution in [0.2, 0.25) is 0 Å². The summed E-state index contributed by atoms with van der Waals surface area (Å²) in [6.07, 6.45) is 2.45. The van der Waals surface area contributed by atoms with Gasteiger partial charge >= 0.3 is 0 Å². The van der Waals surface area contributed by atoms with Crippen molar-refractivity contribution in [2.75, 3.05) is 13.1 Å². The Morgan fingerprint density at radius 3 is 2.55 bits per heavy atom. The molecule has 1 atom stereocenters. The van der Waals surface area contributed by atoms with Gasteiger partial charge in [0, 0.05) is 18.5 Å². The molecule has 33 heavy (non-hydrogen) atoms. The number of likely N-dealkylation sites (tertiary alicyclic amines) is 1. The van der Waals surface area contributed by atoms with Crippen molar-refractivity contribution < 1.29 is 14.0 Å². The second-order valence-corrected chi connectivity index (χ2v) is 8.65. The zero-order valence-electron chi connectivity index (χ0n) is 18.8. The molecule has 1 N–H and O–H groups in total. The predicted octanol–water partition coefficient (Wildman–Crippen LogP) is 5.36. The van der Waals surface area contributed by atoms with E-state index in [0.717, 1.165) is 34.1 Å². The van der Waals surface area contributed by atoms with Crippen LogP contribution in [0, 0.1) is 13.8 Å². The average Bonchev–Trinajstić information content (AvgIpc) is 3.27. The van der Waals surface area contributed by atoms with Crippen LogP contribution in [-0.4, -0.2) is 35.8 Å². The number of nitrogens with one attached hydrogen (secondary N) is 1. The minimum Gasteiger partial charge on any atom is -0.464 e. The molecule has 2 heterocycles. The van der Waals surface area contributed by atoms with Crippen LogP contribution < -0.4 is 5.32 Å². The number of rotatable bonds is 5. The standard InChI is InChI=1S/C28H26N2O3/c1-18-9-11-20(12-10-18)22-6-3-5-19(2)26(22)28(32)30-15-13-21(30)17-29-27(31)24-7-4-8-25-23(24)14-16-33-25/h3-12,14,16,21H,13,15,17H2,1-2H3,(H,29,31). The number of hydrogen-bond acceptors (Lipinski definition) is 3. The van der Waals surface area contributed by atoms with Crippen molar-refractivity contribution in [3.8, 4) is 11.1 Å². The van der Waals surface area contributed by atoms with Crippen LogP contribution in [0.5, 0.6) is 0 Å². The highest BCUT2D eigenvalue weighted by atomic mass is 16.3. The first-order valence-electron chi connectivity index (χ1n) is 11.2. The Morgan fingerprint density at radius 1 is 1.00 bits per heavy atom. The number of carbonyl (C=O) groups is 2. The summed E-state index contributed by atoms with van der Waals surface area (Å²) >= 11 is 0. The van der Waals surface area contributed by atoms with E-state index in [9.17, 15) is 9.59 Å². The fraction of sp³-hybridized carbons (Fsp3) is 0.214. The third kappa shape index (κ3) is 3.91. The van der Waals surface area contributed by atoms with E-state index in [2.05, 4.69) is 36.5 Å². The molecule has 1 aromatic heterocycles. The second-order valence-electron chi connectivity index (χ2n) is 8.65. The Morgan fingerprint density at radius 2 is 1.79 bits per heavy atom. The first kappa shape index (κ1) is 21.0. The second kappa shape index (κ2) is 8.58. The zero-order valence-corrected chi connectivity index (χ0v) is 18.8. The summed E-state index contributed by atoms with van der Waals surface area (Å²) in [5, 5.41) is 3.80. The molecule has 3 aromatic carbocycles. The van der Waals surface area contributed by atoms with Gasteiger partial charge < -0.3 is 14.6 Å². The molecule has 1 fully saturated rings. The molecule has 5 heteroatoms. The van der Waals surface area contributed by atoms with Gasteiger partial charge in [0.05, 0.1) is 23.4 Å². The van der Waals surface area contributed by atoms with Gasteiger partial charge in [0.2, 0.25) is 0 Å². The summed E-state index contributed by atoms with van der Waals surface area (Å²) in [4.78, 5) is 28.3. The Labute approximate surface area is 193 Å². The van der Waals surface area contributed by atoms with Gasteiger partial charge in [0.1, 0.15) is 5.58 Å². The molecular formula is C28H26N2O3. The van der Waals surface area contributed by atoms with E-state index in [1.807, 2.05) is 42.2 Å². The molecule has 0 spiro atoms. The summed E-state index contributed by atoms with van der Waals surface area (Å²) < 4.78 is 5.40. The molecule has 0 aliphatic carbocycles. The van der Waals surface area contributed by atoms with Crippen molar-refractivity contribution in [2.24, 2.45) is 0 Å². The average molecular weight is 439 g/mol. The smallest absolute Gasteiger partial charge is 0.255 e. The van der Waals surface area contributed by atoms with Crippen LogP contribution in [0.15, 0.2) is 77.4 Å². The highest BCUT2D eigenvalue weighted by molar-refractivity contribution is 6.06. The molecule has 0 radical (unpaired) electrons. The SMILES string of the molecule is Cc1ccc(-c2cccc(C)c2C(=O)N2CCC2CNC(=O)c2cccc3occc23)cc1. The van der Waals surface area contributed by atoms with Crippen LogP contribution in [-0.2, 0) is 0 Å². The summed E-state index contributed by atoms with van der Waals surface area (Å²) in [5.41, 5.74) is 6.13. The van der Waals surface area contributed by atoms with Gasteiger partial charge in [0.25, 0.3) is 11.8 Å². The van der Waals surface area contributed by atoms with Crippen LogP contribution in [0.1, 0.15) is 38.3 Å². The largest absolute Gasteiger partial charge is 0.464 e. The zero-order chi connectivity index (χ0) is 22.9. The lowest BCUT2D eigenvalue weighted by Crippen LogP contribution is -2.56. The number of amides is 2. The van der Waals surface area contributed by atoms with Crippen LogP contribution in [0.25, 0.3) is 22.1 Å². The maximum Gasteiger partial charge on any atom is 0.255 e. The topological polar surface area (TPSA) is 62.6 Å². The van der Waals surface area contributed by atoms with Gasteiger partial charge in [-0.3, -0.25) is 9.59 Å². The first-order chi connectivity index (χ1) is 16.0. The van der Waals surface area contributed by atoms with Gasteiger partial charge in [-0.05, 0) is 55.2 Å². The molecule has 1 aliphatic rings. The Balaban J connectivity index is 1.33. The van der Waals surface area contributed by atoms with E-state index in [1.54, 1.807) is 18.4 Å². The van der Waals surface area contributed by atoms with Gasteiger partial charge in [-0.1, -0.05) is 54.1 Å². The molecule has 166 valence electrons. The van der Waals surface area contributed by atoms with Gasteiger partial charge in [-0.25, -0.2) is 0 Å². The molecular weight excluding hydrogens is 412 g/mol. The van der Waals surface area contributed by atoms with Gasteiger partial charge in [-0.2, -0.15) is 0 Å². The van der Waals surface area contributed by atoms with Gasteiger partial charge in [-0.15, -0.1) is 0 Å². The summed E-state index contributed by atoms with van der Waals surface area (Å²) in [5.74, 6) is -0.136. The number of hydrogen-bond donors (Lipinski definition) is 1. The minimum atomic E-state index is -0.155. The lowest BCUT2D eigenvalue weighted by Gasteiger charge is -2.41. The van der Waals surface area contributed by atoms with E-state index in [1.165, 1.54) is 5.56 Å². The van der Waals surface area contributed by atoms with Crippen molar-refractivity contribution in [3.05, 3.63) is 95.2 Å². The van der Waals surface area contributed by atoms with E-state index in [4.69, 9.17) is 4.42 Å². The molecule has 1 saturated heterocycles. The fourth-order valence-electron chi connectivity index (χ4n) is 4.49. The first-order valence-corrected chi connectivity index (χ1v) is 11.2. The van der Waals surface area contributed by atoms with Crippen molar-refractivity contribution in [1.29, 1.82) is 0 Å². The van der Waals surface area contributed by atoms with Crippen molar-refractivity contribution >= 4 is 22.8 Å². The maximum atomic E-state index is 13.6. The van der Waals surface area contributed by atoms with E-state index < -0.39 is 0 Å². The highest BCUT2D eigenvalue weighted by Gasteiger charge is 2.34. The van der Waals surface area contributed by atoms with Crippen LogP contribution in [0.3, 0.4) is 0 Å². The monoisotopic (exact) mass is 438 g/mol. The molecule has 0 saturated carbocycles. The quantitative estimate of drug-likeness (QED) is 0.456. The molecule has 1 aliphatic heterocycles. The van der Waals surface area contributed by atoms with Crippen molar-refractivity contribution in [3.63, 3.8) is 0 Å². The number of carbonyl (C=O) groups excluding carboxylic acids is 2. The summed E-state index contributed by atoms with van der Waals surface area (Å²) in [7, 11) is 0. The third-order valence-corrected chi connectivity index (χ3v) is 6.49. The molecule has 1 unspecified atom stereocenters. The Hall–Kier alpha value is -3.86. The number of furan rings is 1. The molecule has 2 amide bonds.